The number of hydrogen-bond donors (Lipinski definition) is 0. The molecule has 1 aromatic carbocycles. The minimum absolute atomic E-state index is 0.00354. The fourth-order valence-electron chi connectivity index (χ4n) is 4.19. The first-order chi connectivity index (χ1) is 14.0. The largest absolute Gasteiger partial charge is 0.294 e. The Bertz CT molecular complexity index is 1120. The zero-order valence-corrected chi connectivity index (χ0v) is 16.5. The van der Waals surface area contributed by atoms with Crippen LogP contribution in [0.3, 0.4) is 0 Å². The molecule has 0 radical (unpaired) electrons. The number of aromatic nitrogens is 4. The Morgan fingerprint density at radius 2 is 1.72 bits per heavy atom. The molecule has 8 heteroatoms. The molecule has 0 spiro atoms. The van der Waals surface area contributed by atoms with Crippen LogP contribution >= 0.6 is 0 Å². The van der Waals surface area contributed by atoms with E-state index in [1.165, 1.54) is 5.01 Å². The van der Waals surface area contributed by atoms with Crippen LogP contribution in [0.1, 0.15) is 46.7 Å². The summed E-state index contributed by atoms with van der Waals surface area (Å²) in [5, 5.41) is 15.8. The molecule has 3 aromatic rings. The van der Waals surface area contributed by atoms with E-state index in [1.807, 2.05) is 43.3 Å². The van der Waals surface area contributed by atoms with Crippen LogP contribution in [0.25, 0.3) is 5.65 Å². The van der Waals surface area contributed by atoms with Gasteiger partial charge in [0.2, 0.25) is 0 Å². The van der Waals surface area contributed by atoms with Crippen LogP contribution in [0, 0.1) is 13.8 Å². The molecule has 0 atom stereocenters. The fraction of sp³-hybridized carbons (Fsp3) is 0.381. The first kappa shape index (κ1) is 17.8. The minimum Gasteiger partial charge on any atom is -0.272 e. The molecular formula is C21H22N6O2. The number of carbonyl (C=O) groups is 2. The van der Waals surface area contributed by atoms with Crippen LogP contribution in [0.4, 0.5) is 0 Å². The highest BCUT2D eigenvalue weighted by atomic mass is 16.2. The zero-order valence-electron chi connectivity index (χ0n) is 16.5. The van der Waals surface area contributed by atoms with E-state index in [9.17, 15) is 9.59 Å². The van der Waals surface area contributed by atoms with Gasteiger partial charge in [-0.3, -0.25) is 14.6 Å². The van der Waals surface area contributed by atoms with Crippen molar-refractivity contribution in [2.45, 2.75) is 38.5 Å². The Hall–Kier alpha value is -3.29. The van der Waals surface area contributed by atoms with Crippen molar-refractivity contribution < 1.29 is 9.59 Å². The molecule has 1 aliphatic heterocycles. The quantitative estimate of drug-likeness (QED) is 0.684. The summed E-state index contributed by atoms with van der Waals surface area (Å²) in [5.74, 6) is -0.309. The lowest BCUT2D eigenvalue weighted by molar-refractivity contribution is -0.143. The second kappa shape index (κ2) is 6.37. The summed E-state index contributed by atoms with van der Waals surface area (Å²) in [7, 11) is 0. The Balaban J connectivity index is 1.46. The maximum atomic E-state index is 13.5. The summed E-state index contributed by atoms with van der Waals surface area (Å²) >= 11 is 0. The molecule has 1 saturated heterocycles. The van der Waals surface area contributed by atoms with Crippen molar-refractivity contribution in [3.05, 3.63) is 59.0 Å². The molecule has 0 bridgehead atoms. The molecule has 2 amide bonds. The van der Waals surface area contributed by atoms with Gasteiger partial charge in [-0.05, 0) is 38.7 Å². The molecule has 5 rings (SSSR count). The molecular weight excluding hydrogens is 368 g/mol. The number of hydrogen-bond acceptors (Lipinski definition) is 5. The third-order valence-electron chi connectivity index (χ3n) is 5.91. The molecule has 29 heavy (non-hydrogen) atoms. The Kier molecular flexibility index (Phi) is 3.90. The van der Waals surface area contributed by atoms with Gasteiger partial charge < -0.3 is 0 Å². The number of amides is 2. The van der Waals surface area contributed by atoms with E-state index in [-0.39, 0.29) is 17.5 Å². The van der Waals surface area contributed by atoms with Gasteiger partial charge in [-0.25, -0.2) is 9.52 Å². The van der Waals surface area contributed by atoms with Gasteiger partial charge in [0.05, 0.1) is 16.8 Å². The maximum Gasteiger partial charge on any atom is 0.294 e. The molecule has 1 saturated carbocycles. The molecule has 8 nitrogen and oxygen atoms in total. The average molecular weight is 390 g/mol. The summed E-state index contributed by atoms with van der Waals surface area (Å²) < 4.78 is 1.63. The van der Waals surface area contributed by atoms with Crippen molar-refractivity contribution in [1.29, 1.82) is 0 Å². The molecule has 2 aliphatic rings. The first-order valence-electron chi connectivity index (χ1n) is 9.90. The van der Waals surface area contributed by atoms with Crippen molar-refractivity contribution in [3.8, 4) is 0 Å². The highest BCUT2D eigenvalue weighted by Gasteiger charge is 2.55. The van der Waals surface area contributed by atoms with Crippen molar-refractivity contribution in [2.24, 2.45) is 0 Å². The highest BCUT2D eigenvalue weighted by Crippen LogP contribution is 2.50. The summed E-state index contributed by atoms with van der Waals surface area (Å²) in [6.07, 6.45) is 2.37. The number of benzene rings is 1. The summed E-state index contributed by atoms with van der Waals surface area (Å²) in [5.41, 5.74) is 2.78. The molecule has 0 unspecified atom stereocenters. The SMILES string of the molecule is Cc1cc2nnc(C(=O)N3CCCN3C(=O)C3(c4ccccc4)CC3)c(C)n2n1. The van der Waals surface area contributed by atoms with E-state index in [0.717, 1.165) is 30.5 Å². The fourth-order valence-corrected chi connectivity index (χ4v) is 4.19. The molecule has 2 fully saturated rings. The molecule has 148 valence electrons. The Morgan fingerprint density at radius 3 is 2.45 bits per heavy atom. The third kappa shape index (κ3) is 2.70. The van der Waals surface area contributed by atoms with Crippen molar-refractivity contribution in [3.63, 3.8) is 0 Å². The minimum atomic E-state index is -0.506. The third-order valence-corrected chi connectivity index (χ3v) is 5.91. The van der Waals surface area contributed by atoms with Crippen LogP contribution in [-0.2, 0) is 10.2 Å². The van der Waals surface area contributed by atoms with E-state index in [4.69, 9.17) is 0 Å². The maximum absolute atomic E-state index is 13.5. The van der Waals surface area contributed by atoms with E-state index in [1.54, 1.807) is 16.4 Å². The van der Waals surface area contributed by atoms with Crippen LogP contribution < -0.4 is 0 Å². The zero-order chi connectivity index (χ0) is 20.2. The Morgan fingerprint density at radius 1 is 1.00 bits per heavy atom. The van der Waals surface area contributed by atoms with E-state index in [0.29, 0.717) is 24.4 Å². The van der Waals surface area contributed by atoms with Gasteiger partial charge in [0.15, 0.2) is 11.3 Å². The molecule has 1 aliphatic carbocycles. The second-order valence-electron chi connectivity index (χ2n) is 7.85. The van der Waals surface area contributed by atoms with Crippen molar-refractivity contribution in [2.75, 3.05) is 13.1 Å². The topological polar surface area (TPSA) is 83.7 Å². The Labute approximate surface area is 168 Å². The average Bonchev–Trinajstić information content (AvgIpc) is 3.22. The molecule has 2 aromatic heterocycles. The summed E-state index contributed by atoms with van der Waals surface area (Å²) in [4.78, 5) is 26.8. The molecule has 0 N–H and O–H groups in total. The number of aryl methyl sites for hydroxylation is 2. The lowest BCUT2D eigenvalue weighted by Crippen LogP contribution is -2.49. The smallest absolute Gasteiger partial charge is 0.272 e. The van der Waals surface area contributed by atoms with Gasteiger partial charge in [-0.2, -0.15) is 5.10 Å². The number of nitrogens with zero attached hydrogens (tertiary/aromatic N) is 6. The van der Waals surface area contributed by atoms with E-state index < -0.39 is 5.41 Å². The number of fused-ring (bicyclic) bond motifs is 1. The lowest BCUT2D eigenvalue weighted by atomic mass is 9.95. The van der Waals surface area contributed by atoms with Crippen LogP contribution in [0.5, 0.6) is 0 Å². The van der Waals surface area contributed by atoms with Gasteiger partial charge in [-0.1, -0.05) is 30.3 Å². The first-order valence-corrected chi connectivity index (χ1v) is 9.90. The van der Waals surface area contributed by atoms with Gasteiger partial charge in [0.1, 0.15) is 0 Å². The van der Waals surface area contributed by atoms with E-state index >= 15 is 0 Å². The number of rotatable bonds is 3. The van der Waals surface area contributed by atoms with E-state index in [2.05, 4.69) is 15.3 Å². The summed E-state index contributed by atoms with van der Waals surface area (Å²) in [6.45, 7) is 4.70. The predicted molar refractivity (Wildman–Crippen MR) is 105 cm³/mol. The predicted octanol–water partition coefficient (Wildman–Crippen LogP) is 2.06. The van der Waals surface area contributed by atoms with Crippen molar-refractivity contribution >= 4 is 17.5 Å². The standard InChI is InChI=1S/C21H22N6O2/c1-14-13-17-22-23-18(15(2)27(17)24-14)19(28)25-11-6-12-26(25)20(29)21(9-10-21)16-7-4-3-5-8-16/h3-5,7-8,13H,6,9-12H2,1-2H3. The van der Waals surface area contributed by atoms with Gasteiger partial charge >= 0.3 is 0 Å². The monoisotopic (exact) mass is 390 g/mol. The van der Waals surface area contributed by atoms with Gasteiger partial charge in [-0.15, -0.1) is 10.2 Å². The number of hydrazine groups is 1. The van der Waals surface area contributed by atoms with Crippen LogP contribution in [0.15, 0.2) is 36.4 Å². The van der Waals surface area contributed by atoms with Crippen LogP contribution in [0.2, 0.25) is 0 Å². The lowest BCUT2D eigenvalue weighted by Gasteiger charge is -2.31. The van der Waals surface area contributed by atoms with Crippen molar-refractivity contribution in [1.82, 2.24) is 29.8 Å². The highest BCUT2D eigenvalue weighted by molar-refractivity contribution is 5.97. The normalized spacial score (nSPS) is 17.7. The second-order valence-corrected chi connectivity index (χ2v) is 7.85. The van der Waals surface area contributed by atoms with Gasteiger partial charge in [0, 0.05) is 19.2 Å². The molecule has 3 heterocycles. The van der Waals surface area contributed by atoms with Gasteiger partial charge in [0.25, 0.3) is 11.8 Å². The number of carbonyl (C=O) groups excluding carboxylic acids is 2. The van der Waals surface area contributed by atoms with Crippen LogP contribution in [-0.4, -0.2) is 54.7 Å². The summed E-state index contributed by atoms with van der Waals surface area (Å²) in [6, 6.07) is 11.7.